The van der Waals surface area contributed by atoms with E-state index >= 15 is 0 Å². The lowest BCUT2D eigenvalue weighted by Gasteiger charge is -2.17. The summed E-state index contributed by atoms with van der Waals surface area (Å²) in [4.78, 5) is 1.31. The first-order valence-electron chi connectivity index (χ1n) is 5.14. The van der Waals surface area contributed by atoms with Crippen molar-refractivity contribution in [3.8, 4) is 0 Å². The molecule has 0 saturated carbocycles. The number of hydrazine groups is 1. The van der Waals surface area contributed by atoms with Crippen LogP contribution in [0.15, 0.2) is 40.2 Å². The normalized spacial score (nSPS) is 12.6. The summed E-state index contributed by atoms with van der Waals surface area (Å²) in [5, 5.41) is 2.09. The van der Waals surface area contributed by atoms with Crippen molar-refractivity contribution in [3.05, 3.63) is 54.2 Å². The van der Waals surface area contributed by atoms with Crippen LogP contribution in [0.2, 0.25) is 0 Å². The molecule has 0 aliphatic heterocycles. The van der Waals surface area contributed by atoms with E-state index in [4.69, 9.17) is 5.84 Å². The molecule has 0 bridgehead atoms. The van der Waals surface area contributed by atoms with Gasteiger partial charge in [-0.25, -0.2) is 0 Å². The van der Waals surface area contributed by atoms with Crippen molar-refractivity contribution in [3.63, 3.8) is 0 Å². The monoisotopic (exact) mass is 422 g/mol. The third-order valence-corrected chi connectivity index (χ3v) is 5.49. The summed E-state index contributed by atoms with van der Waals surface area (Å²) in [5.74, 6) is 5.68. The highest BCUT2D eigenvalue weighted by atomic mass is 127. The van der Waals surface area contributed by atoms with Crippen LogP contribution in [0.4, 0.5) is 0 Å². The van der Waals surface area contributed by atoms with E-state index in [-0.39, 0.29) is 6.04 Å². The molecule has 0 spiro atoms. The maximum absolute atomic E-state index is 5.68. The molecule has 0 fully saturated rings. The van der Waals surface area contributed by atoms with Crippen LogP contribution in [-0.4, -0.2) is 0 Å². The van der Waals surface area contributed by atoms with E-state index in [9.17, 15) is 0 Å². The van der Waals surface area contributed by atoms with Gasteiger partial charge >= 0.3 is 0 Å². The standard InChI is InChI=1S/C12H12BrIN2S/c13-9-5-6-17-12(9)7-11(16-15)8-3-1-2-4-10(8)14/h1-6,11,16H,7,15H2. The zero-order valence-electron chi connectivity index (χ0n) is 8.99. The third kappa shape index (κ3) is 3.29. The molecule has 1 aromatic carbocycles. The van der Waals surface area contributed by atoms with Crippen LogP contribution in [-0.2, 0) is 6.42 Å². The summed E-state index contributed by atoms with van der Waals surface area (Å²) in [5.41, 5.74) is 4.15. The molecule has 5 heteroatoms. The molecule has 2 rings (SSSR count). The topological polar surface area (TPSA) is 38.0 Å². The van der Waals surface area contributed by atoms with Crippen LogP contribution < -0.4 is 11.3 Å². The van der Waals surface area contributed by atoms with Gasteiger partial charge in [-0.15, -0.1) is 11.3 Å². The molecular weight excluding hydrogens is 411 g/mol. The lowest BCUT2D eigenvalue weighted by Crippen LogP contribution is -2.30. The zero-order valence-corrected chi connectivity index (χ0v) is 13.6. The molecule has 17 heavy (non-hydrogen) atoms. The molecule has 0 saturated heterocycles. The van der Waals surface area contributed by atoms with Crippen molar-refractivity contribution < 1.29 is 0 Å². The van der Waals surface area contributed by atoms with Crippen molar-refractivity contribution in [1.82, 2.24) is 5.43 Å². The Morgan fingerprint density at radius 2 is 2.12 bits per heavy atom. The van der Waals surface area contributed by atoms with Gasteiger partial charge in [-0.1, -0.05) is 18.2 Å². The van der Waals surface area contributed by atoms with E-state index < -0.39 is 0 Å². The summed E-state index contributed by atoms with van der Waals surface area (Å²) < 4.78 is 2.40. The highest BCUT2D eigenvalue weighted by molar-refractivity contribution is 14.1. The Kier molecular flexibility index (Phi) is 4.98. The average Bonchev–Trinajstić information content (AvgIpc) is 2.73. The van der Waals surface area contributed by atoms with Crippen LogP contribution in [0.3, 0.4) is 0 Å². The lowest BCUT2D eigenvalue weighted by molar-refractivity contribution is 0.552. The SMILES string of the molecule is NNC(Cc1sccc1Br)c1ccccc1I. The van der Waals surface area contributed by atoms with Gasteiger partial charge in [0, 0.05) is 19.3 Å². The largest absolute Gasteiger partial charge is 0.271 e. The Morgan fingerprint density at radius 1 is 1.35 bits per heavy atom. The van der Waals surface area contributed by atoms with Gasteiger partial charge in [-0.3, -0.25) is 11.3 Å². The number of hydrogen-bond acceptors (Lipinski definition) is 3. The molecule has 2 aromatic rings. The molecule has 0 aliphatic rings. The number of rotatable bonds is 4. The minimum atomic E-state index is 0.151. The lowest BCUT2D eigenvalue weighted by atomic mass is 10.0. The third-order valence-electron chi connectivity index (χ3n) is 2.56. The smallest absolute Gasteiger partial charge is 0.0519 e. The number of halogens is 2. The molecule has 2 nitrogen and oxygen atoms in total. The van der Waals surface area contributed by atoms with E-state index in [1.165, 1.54) is 14.0 Å². The highest BCUT2D eigenvalue weighted by Gasteiger charge is 2.15. The predicted octanol–water partition coefficient (Wildman–Crippen LogP) is 3.86. The van der Waals surface area contributed by atoms with Gasteiger partial charge in [-0.05, 0) is 61.6 Å². The van der Waals surface area contributed by atoms with Gasteiger partial charge in [0.25, 0.3) is 0 Å². The molecular formula is C12H12BrIN2S. The maximum Gasteiger partial charge on any atom is 0.0519 e. The summed E-state index contributed by atoms with van der Waals surface area (Å²) in [7, 11) is 0. The quantitative estimate of drug-likeness (QED) is 0.446. The van der Waals surface area contributed by atoms with Crippen molar-refractivity contribution in [1.29, 1.82) is 0 Å². The van der Waals surface area contributed by atoms with Crippen LogP contribution in [0.5, 0.6) is 0 Å². The van der Waals surface area contributed by atoms with E-state index in [0.717, 1.165) is 10.9 Å². The second-order valence-electron chi connectivity index (χ2n) is 3.64. The van der Waals surface area contributed by atoms with Gasteiger partial charge in [-0.2, -0.15) is 0 Å². The zero-order chi connectivity index (χ0) is 12.3. The van der Waals surface area contributed by atoms with Gasteiger partial charge in [0.2, 0.25) is 0 Å². The highest BCUT2D eigenvalue weighted by Crippen LogP contribution is 2.29. The second kappa shape index (κ2) is 6.29. The summed E-state index contributed by atoms with van der Waals surface area (Å²) in [6, 6.07) is 10.5. The fourth-order valence-corrected chi connectivity index (χ4v) is 4.00. The first kappa shape index (κ1) is 13.5. The predicted molar refractivity (Wildman–Crippen MR) is 84.9 cm³/mol. The minimum absolute atomic E-state index is 0.151. The number of thiophene rings is 1. The molecule has 90 valence electrons. The van der Waals surface area contributed by atoms with E-state index in [2.05, 4.69) is 67.5 Å². The molecule has 0 amide bonds. The first-order valence-corrected chi connectivity index (χ1v) is 7.90. The Hall–Kier alpha value is 0.0500. The van der Waals surface area contributed by atoms with Crippen LogP contribution in [0.1, 0.15) is 16.5 Å². The van der Waals surface area contributed by atoms with Gasteiger partial charge in [0.05, 0.1) is 6.04 Å². The Bertz CT molecular complexity index is 501. The fraction of sp³-hybridized carbons (Fsp3) is 0.167. The molecule has 0 radical (unpaired) electrons. The summed E-state index contributed by atoms with van der Waals surface area (Å²) in [6.45, 7) is 0. The van der Waals surface area contributed by atoms with E-state index in [0.29, 0.717) is 0 Å². The summed E-state index contributed by atoms with van der Waals surface area (Å²) in [6.07, 6.45) is 0.898. The molecule has 1 aromatic heterocycles. The average molecular weight is 423 g/mol. The first-order chi connectivity index (χ1) is 8.22. The minimum Gasteiger partial charge on any atom is -0.271 e. The number of hydrogen-bond donors (Lipinski definition) is 2. The number of nitrogens with one attached hydrogen (secondary N) is 1. The van der Waals surface area contributed by atoms with Crippen LogP contribution in [0.25, 0.3) is 0 Å². The van der Waals surface area contributed by atoms with Crippen LogP contribution in [0, 0.1) is 3.57 Å². The van der Waals surface area contributed by atoms with Crippen LogP contribution >= 0.6 is 49.9 Å². The molecule has 0 aliphatic carbocycles. The number of nitrogens with two attached hydrogens (primary N) is 1. The molecule has 1 heterocycles. The Labute approximate surface area is 127 Å². The van der Waals surface area contributed by atoms with E-state index in [1.54, 1.807) is 11.3 Å². The second-order valence-corrected chi connectivity index (χ2v) is 6.65. The fourth-order valence-electron chi connectivity index (χ4n) is 1.67. The van der Waals surface area contributed by atoms with Crippen molar-refractivity contribution in [2.45, 2.75) is 12.5 Å². The van der Waals surface area contributed by atoms with E-state index in [1.807, 2.05) is 12.1 Å². The Balaban J connectivity index is 2.23. The number of benzene rings is 1. The molecule has 3 N–H and O–H groups in total. The van der Waals surface area contributed by atoms with Crippen molar-refractivity contribution in [2.75, 3.05) is 0 Å². The maximum atomic E-state index is 5.68. The van der Waals surface area contributed by atoms with Gasteiger partial charge in [0.1, 0.15) is 0 Å². The summed E-state index contributed by atoms with van der Waals surface area (Å²) >= 11 is 7.65. The molecule has 1 atom stereocenters. The van der Waals surface area contributed by atoms with Gasteiger partial charge < -0.3 is 0 Å². The van der Waals surface area contributed by atoms with Crippen molar-refractivity contribution in [2.24, 2.45) is 5.84 Å². The molecule has 1 unspecified atom stereocenters. The van der Waals surface area contributed by atoms with Crippen molar-refractivity contribution >= 4 is 49.9 Å². The van der Waals surface area contributed by atoms with Gasteiger partial charge in [0.15, 0.2) is 0 Å². The Morgan fingerprint density at radius 3 is 2.71 bits per heavy atom.